The zero-order valence-corrected chi connectivity index (χ0v) is 24.9. The molecule has 0 spiro atoms. The molecule has 0 bridgehead atoms. The molecule has 1 heterocycles. The number of nitrogens with zero attached hydrogens (tertiary/aromatic N) is 1. The van der Waals surface area contributed by atoms with Crippen LogP contribution < -0.4 is 10.1 Å². The molecule has 1 unspecified atom stereocenters. The summed E-state index contributed by atoms with van der Waals surface area (Å²) in [5.74, 6) is 2.45. The summed E-state index contributed by atoms with van der Waals surface area (Å²) in [5, 5.41) is 5.67. The molecule has 0 radical (unpaired) electrons. The summed E-state index contributed by atoms with van der Waals surface area (Å²) in [6, 6.07) is 22.5. The van der Waals surface area contributed by atoms with Crippen molar-refractivity contribution in [3.05, 3.63) is 77.9 Å². The molecular formula is C36H45N2O3+. The molecule has 41 heavy (non-hydrogen) atoms. The summed E-state index contributed by atoms with van der Waals surface area (Å²) in [5.41, 5.74) is 1.94. The van der Waals surface area contributed by atoms with E-state index in [1.165, 1.54) is 56.0 Å². The zero-order valence-electron chi connectivity index (χ0n) is 24.9. The molecule has 1 saturated heterocycles. The minimum atomic E-state index is -0.291. The maximum absolute atomic E-state index is 13.5. The van der Waals surface area contributed by atoms with Crippen molar-refractivity contribution in [2.24, 2.45) is 17.8 Å². The van der Waals surface area contributed by atoms with Gasteiger partial charge in [0.1, 0.15) is 5.75 Å². The third kappa shape index (κ3) is 6.06. The third-order valence-corrected chi connectivity index (χ3v) is 10.0. The third-order valence-electron chi connectivity index (χ3n) is 10.0. The van der Waals surface area contributed by atoms with E-state index < -0.39 is 0 Å². The summed E-state index contributed by atoms with van der Waals surface area (Å²) in [6.07, 6.45) is 6.90. The fourth-order valence-electron chi connectivity index (χ4n) is 8.24. The van der Waals surface area contributed by atoms with Gasteiger partial charge in [0.05, 0.1) is 26.2 Å². The second kappa shape index (κ2) is 11.2. The molecule has 2 aliphatic carbocycles. The highest BCUT2D eigenvalue weighted by Crippen LogP contribution is 2.52. The maximum Gasteiger partial charge on any atom is 0.308 e. The van der Waals surface area contributed by atoms with Crippen molar-refractivity contribution >= 4 is 22.6 Å². The zero-order chi connectivity index (χ0) is 28.6. The summed E-state index contributed by atoms with van der Waals surface area (Å²) in [4.78, 5) is 25.3. The van der Waals surface area contributed by atoms with Gasteiger partial charge in [-0.2, -0.15) is 0 Å². The largest absolute Gasteiger partial charge is 0.427 e. The highest BCUT2D eigenvalue weighted by Gasteiger charge is 2.54. The summed E-state index contributed by atoms with van der Waals surface area (Å²) >= 11 is 0. The number of rotatable bonds is 8. The second-order valence-corrected chi connectivity index (χ2v) is 13.7. The molecule has 0 aromatic heterocycles. The van der Waals surface area contributed by atoms with Crippen molar-refractivity contribution in [3.63, 3.8) is 0 Å². The van der Waals surface area contributed by atoms with E-state index in [4.69, 9.17) is 4.74 Å². The maximum atomic E-state index is 13.5. The molecule has 2 saturated carbocycles. The van der Waals surface area contributed by atoms with E-state index in [-0.39, 0.29) is 23.3 Å². The summed E-state index contributed by atoms with van der Waals surface area (Å²) in [7, 11) is 0. The Bertz CT molecular complexity index is 1420. The standard InChI is InChI=1S/C36H44N2O3/c1-25(2)22-38(23-27-11-12-27)18-17-36(31-9-6-10-34(20-31)41-26(3)39)21-33(16-15-32(36)24-38)37-35(40)30-14-13-28-7-4-5-8-29(28)19-30/h4-10,13-14,19-20,25,27,32-33H,11-12,15-18,21-24H2,1-3H3/p+1/t32?,33-,36+,38-/m0/s1. The van der Waals surface area contributed by atoms with Gasteiger partial charge in [-0.05, 0) is 72.7 Å². The Labute approximate surface area is 244 Å². The van der Waals surface area contributed by atoms with Gasteiger partial charge in [-0.25, -0.2) is 0 Å². The normalized spacial score (nSPS) is 27.8. The van der Waals surface area contributed by atoms with Gasteiger partial charge < -0.3 is 14.5 Å². The first-order valence-electron chi connectivity index (χ1n) is 15.7. The Hall–Kier alpha value is -3.18. The van der Waals surface area contributed by atoms with Crippen molar-refractivity contribution in [3.8, 4) is 5.75 Å². The Morgan fingerprint density at radius 3 is 2.54 bits per heavy atom. The average molecular weight is 554 g/mol. The topological polar surface area (TPSA) is 55.4 Å². The van der Waals surface area contributed by atoms with E-state index in [1.807, 2.05) is 42.5 Å². The Morgan fingerprint density at radius 1 is 0.976 bits per heavy atom. The molecule has 216 valence electrons. The smallest absolute Gasteiger partial charge is 0.308 e. The molecule has 3 aromatic rings. The van der Waals surface area contributed by atoms with Crippen molar-refractivity contribution in [1.82, 2.24) is 5.32 Å². The summed E-state index contributed by atoms with van der Waals surface area (Å²) < 4.78 is 6.79. The van der Waals surface area contributed by atoms with Crippen LogP contribution in [0.25, 0.3) is 10.8 Å². The van der Waals surface area contributed by atoms with Crippen LogP contribution in [0.1, 0.15) is 75.2 Å². The molecule has 1 amide bonds. The van der Waals surface area contributed by atoms with E-state index in [2.05, 4.69) is 43.4 Å². The fourth-order valence-corrected chi connectivity index (χ4v) is 8.24. The lowest BCUT2D eigenvalue weighted by molar-refractivity contribution is -0.942. The number of quaternary nitrogens is 1. The molecule has 5 heteroatoms. The molecule has 5 nitrogen and oxygen atoms in total. The van der Waals surface area contributed by atoms with E-state index in [1.54, 1.807) is 0 Å². The number of nitrogens with one attached hydrogen (secondary N) is 1. The van der Waals surface area contributed by atoms with E-state index in [0.29, 0.717) is 17.6 Å². The van der Waals surface area contributed by atoms with Gasteiger partial charge in [0.2, 0.25) is 0 Å². The first-order valence-corrected chi connectivity index (χ1v) is 15.7. The van der Waals surface area contributed by atoms with Crippen molar-refractivity contribution in [2.45, 2.75) is 70.8 Å². The predicted octanol–water partition coefficient (Wildman–Crippen LogP) is 6.89. The van der Waals surface area contributed by atoms with Crippen LogP contribution in [0, 0.1) is 17.8 Å². The first-order chi connectivity index (χ1) is 19.7. The second-order valence-electron chi connectivity index (χ2n) is 13.7. The number of esters is 1. The summed E-state index contributed by atoms with van der Waals surface area (Å²) in [6.45, 7) is 11.2. The monoisotopic (exact) mass is 553 g/mol. The molecule has 3 aromatic carbocycles. The lowest BCUT2D eigenvalue weighted by Crippen LogP contribution is -2.64. The number of piperidine rings is 1. The van der Waals surface area contributed by atoms with Gasteiger partial charge in [-0.15, -0.1) is 0 Å². The highest BCUT2D eigenvalue weighted by atomic mass is 16.5. The number of hydrogen-bond donors (Lipinski definition) is 1. The van der Waals surface area contributed by atoms with E-state index in [0.717, 1.165) is 47.9 Å². The van der Waals surface area contributed by atoms with Gasteiger partial charge in [0.25, 0.3) is 5.91 Å². The van der Waals surface area contributed by atoms with Crippen LogP contribution in [-0.2, 0) is 10.2 Å². The number of likely N-dealkylation sites (tertiary alicyclic amines) is 1. The minimum absolute atomic E-state index is 0.0116. The van der Waals surface area contributed by atoms with Crippen molar-refractivity contribution in [1.29, 1.82) is 0 Å². The molecule has 6 rings (SSSR count). The number of benzene rings is 3. The van der Waals surface area contributed by atoms with Crippen LogP contribution in [-0.4, -0.2) is 48.6 Å². The highest BCUT2D eigenvalue weighted by molar-refractivity contribution is 5.98. The van der Waals surface area contributed by atoms with Crippen LogP contribution in [0.3, 0.4) is 0 Å². The van der Waals surface area contributed by atoms with Gasteiger partial charge >= 0.3 is 5.97 Å². The molecule has 3 aliphatic rings. The number of ether oxygens (including phenoxy) is 1. The lowest BCUT2D eigenvalue weighted by atomic mass is 9.57. The number of carbonyl (C=O) groups excluding carboxylic acids is 2. The van der Waals surface area contributed by atoms with Crippen LogP contribution in [0.4, 0.5) is 0 Å². The average Bonchev–Trinajstić information content (AvgIpc) is 3.76. The van der Waals surface area contributed by atoms with Crippen molar-refractivity contribution in [2.75, 3.05) is 26.2 Å². The van der Waals surface area contributed by atoms with E-state index >= 15 is 0 Å². The number of hydrogen-bond acceptors (Lipinski definition) is 3. The lowest BCUT2D eigenvalue weighted by Gasteiger charge is -2.57. The fraction of sp³-hybridized carbons (Fsp3) is 0.500. The Kier molecular flexibility index (Phi) is 7.67. The van der Waals surface area contributed by atoms with E-state index in [9.17, 15) is 9.59 Å². The van der Waals surface area contributed by atoms with Crippen LogP contribution in [0.5, 0.6) is 5.75 Å². The number of amides is 1. The SMILES string of the molecule is CC(=O)Oc1cccc([C@]23CC[N@+](CC(C)C)(CC4CC4)CC2CC[C@H](NC(=O)c2ccc4ccccc4c2)C3)c1. The number of fused-ring (bicyclic) bond motifs is 2. The van der Waals surface area contributed by atoms with Gasteiger partial charge in [0.15, 0.2) is 0 Å². The van der Waals surface area contributed by atoms with Gasteiger partial charge in [-0.1, -0.05) is 56.3 Å². The minimum Gasteiger partial charge on any atom is -0.427 e. The van der Waals surface area contributed by atoms with Gasteiger partial charge in [0, 0.05) is 48.1 Å². The molecule has 3 fully saturated rings. The van der Waals surface area contributed by atoms with Crippen molar-refractivity contribution < 1.29 is 18.8 Å². The molecule has 4 atom stereocenters. The number of carbonyl (C=O) groups is 2. The quantitative estimate of drug-likeness (QED) is 0.188. The molecule has 1 N–H and O–H groups in total. The molecular weight excluding hydrogens is 508 g/mol. The van der Waals surface area contributed by atoms with Gasteiger partial charge in [-0.3, -0.25) is 9.59 Å². The van der Waals surface area contributed by atoms with Crippen LogP contribution >= 0.6 is 0 Å². The first kappa shape index (κ1) is 28.0. The van der Waals surface area contributed by atoms with Crippen LogP contribution in [0.2, 0.25) is 0 Å². The Balaban J connectivity index is 1.28. The molecule has 1 aliphatic heterocycles. The Morgan fingerprint density at radius 2 is 1.78 bits per heavy atom. The predicted molar refractivity (Wildman–Crippen MR) is 164 cm³/mol. The van der Waals surface area contributed by atoms with Crippen LogP contribution in [0.15, 0.2) is 66.7 Å².